The van der Waals surface area contributed by atoms with E-state index in [1.165, 1.54) is 12.1 Å². The fourth-order valence-corrected chi connectivity index (χ4v) is 3.98. The molecule has 1 atom stereocenters. The number of nitrogens with one attached hydrogen (secondary N) is 1. The fourth-order valence-electron chi connectivity index (χ4n) is 3.98. The summed E-state index contributed by atoms with van der Waals surface area (Å²) in [5, 5.41) is 2.66. The highest BCUT2D eigenvalue weighted by Gasteiger charge is 2.32. The number of likely N-dealkylation sites (tertiary alicyclic amines) is 1. The zero-order valence-corrected chi connectivity index (χ0v) is 15.6. The average molecular weight is 384 g/mol. The molecule has 1 amide bonds. The molecule has 1 N–H and O–H groups in total. The van der Waals surface area contributed by atoms with E-state index < -0.39 is 11.7 Å². The van der Waals surface area contributed by atoms with E-state index in [-0.39, 0.29) is 5.91 Å². The number of alkyl halides is 3. The maximum absolute atomic E-state index is 12.9. The molecule has 2 aliphatic heterocycles. The maximum Gasteiger partial charge on any atom is 0.416 e. The van der Waals surface area contributed by atoms with Crippen molar-refractivity contribution in [3.8, 4) is 0 Å². The number of hydrogen-bond donors (Lipinski definition) is 1. The Morgan fingerprint density at radius 2 is 1.93 bits per heavy atom. The number of piperidine rings is 1. The van der Waals surface area contributed by atoms with Crippen LogP contribution in [-0.2, 0) is 11.0 Å². The quantitative estimate of drug-likeness (QED) is 0.862. The Morgan fingerprint density at radius 1 is 1.19 bits per heavy atom. The fraction of sp³-hybridized carbons (Fsp3) is 0.632. The highest BCUT2D eigenvalue weighted by atomic mass is 19.4. The van der Waals surface area contributed by atoms with Gasteiger partial charge in [-0.15, -0.1) is 0 Å². The van der Waals surface area contributed by atoms with E-state index in [1.54, 1.807) is 13.1 Å². The molecule has 8 heteroatoms. The molecule has 0 bridgehead atoms. The third kappa shape index (κ3) is 5.13. The monoisotopic (exact) mass is 384 g/mol. The largest absolute Gasteiger partial charge is 0.416 e. The van der Waals surface area contributed by atoms with E-state index in [4.69, 9.17) is 0 Å². The number of anilines is 1. The first-order valence-corrected chi connectivity index (χ1v) is 9.46. The van der Waals surface area contributed by atoms with Crippen LogP contribution in [0, 0.1) is 0 Å². The highest BCUT2D eigenvalue weighted by Crippen LogP contribution is 2.32. The summed E-state index contributed by atoms with van der Waals surface area (Å²) in [5.74, 6) is 0.0324. The van der Waals surface area contributed by atoms with Crippen molar-refractivity contribution in [1.82, 2.24) is 15.1 Å². The second-order valence-corrected chi connectivity index (χ2v) is 7.28. The van der Waals surface area contributed by atoms with Gasteiger partial charge in [0.15, 0.2) is 0 Å². The minimum atomic E-state index is -4.31. The number of piperazine rings is 1. The summed E-state index contributed by atoms with van der Waals surface area (Å²) in [6.45, 7) is 5.33. The Morgan fingerprint density at radius 3 is 2.59 bits per heavy atom. The molecule has 150 valence electrons. The number of amides is 1. The number of rotatable bonds is 4. The van der Waals surface area contributed by atoms with Crippen molar-refractivity contribution in [2.45, 2.75) is 25.1 Å². The van der Waals surface area contributed by atoms with Crippen LogP contribution in [0.2, 0.25) is 0 Å². The van der Waals surface area contributed by atoms with E-state index in [0.29, 0.717) is 31.4 Å². The first-order valence-electron chi connectivity index (χ1n) is 9.46. The maximum atomic E-state index is 12.9. The molecule has 2 heterocycles. The van der Waals surface area contributed by atoms with Crippen LogP contribution in [0.4, 0.5) is 18.9 Å². The van der Waals surface area contributed by atoms with Crippen LogP contribution in [0.3, 0.4) is 0 Å². The van der Waals surface area contributed by atoms with Crippen LogP contribution >= 0.6 is 0 Å². The average Bonchev–Trinajstić information content (AvgIpc) is 2.68. The molecule has 1 aromatic rings. The number of carbonyl (C=O) groups excluding carboxylic acids is 1. The molecule has 2 aliphatic rings. The van der Waals surface area contributed by atoms with Gasteiger partial charge in [-0.25, -0.2) is 0 Å². The topological polar surface area (TPSA) is 38.8 Å². The van der Waals surface area contributed by atoms with Gasteiger partial charge < -0.3 is 10.2 Å². The summed E-state index contributed by atoms with van der Waals surface area (Å²) in [5.41, 5.74) is 0.0360. The lowest BCUT2D eigenvalue weighted by Crippen LogP contribution is -2.55. The summed E-state index contributed by atoms with van der Waals surface area (Å²) >= 11 is 0. The van der Waals surface area contributed by atoms with Gasteiger partial charge in [-0.3, -0.25) is 14.6 Å². The minimum Gasteiger partial charge on any atom is -0.369 e. The summed E-state index contributed by atoms with van der Waals surface area (Å²) in [4.78, 5) is 18.2. The number of nitrogens with zero attached hydrogens (tertiary/aromatic N) is 3. The van der Waals surface area contributed by atoms with Crippen LogP contribution < -0.4 is 10.2 Å². The molecule has 2 fully saturated rings. The molecule has 0 aliphatic carbocycles. The third-order valence-electron chi connectivity index (χ3n) is 5.50. The number of halogens is 3. The first kappa shape index (κ1) is 19.9. The first-order chi connectivity index (χ1) is 12.9. The highest BCUT2D eigenvalue weighted by molar-refractivity contribution is 5.77. The Hall–Kier alpha value is -1.80. The van der Waals surface area contributed by atoms with Gasteiger partial charge in [0.1, 0.15) is 0 Å². The number of carbonyl (C=O) groups is 1. The molecule has 0 aromatic heterocycles. The summed E-state index contributed by atoms with van der Waals surface area (Å²) in [6.07, 6.45) is -2.14. The van der Waals surface area contributed by atoms with E-state index in [2.05, 4.69) is 15.1 Å². The minimum absolute atomic E-state index is 0.0324. The van der Waals surface area contributed by atoms with Gasteiger partial charge >= 0.3 is 6.18 Å². The number of benzene rings is 1. The molecule has 27 heavy (non-hydrogen) atoms. The normalized spacial score (nSPS) is 22.7. The van der Waals surface area contributed by atoms with Gasteiger partial charge in [0.05, 0.1) is 12.1 Å². The molecule has 1 aromatic carbocycles. The van der Waals surface area contributed by atoms with E-state index in [0.717, 1.165) is 45.1 Å². The Balaban J connectivity index is 1.55. The van der Waals surface area contributed by atoms with Gasteiger partial charge in [0, 0.05) is 51.5 Å². The lowest BCUT2D eigenvalue weighted by atomic mass is 10.0. The van der Waals surface area contributed by atoms with E-state index in [1.807, 2.05) is 4.90 Å². The summed E-state index contributed by atoms with van der Waals surface area (Å²) in [7, 11) is 1.65. The van der Waals surface area contributed by atoms with Crippen molar-refractivity contribution >= 4 is 11.6 Å². The van der Waals surface area contributed by atoms with Gasteiger partial charge in [-0.2, -0.15) is 13.2 Å². The van der Waals surface area contributed by atoms with E-state index >= 15 is 0 Å². The lowest BCUT2D eigenvalue weighted by Gasteiger charge is -2.43. The van der Waals surface area contributed by atoms with Crippen molar-refractivity contribution in [3.05, 3.63) is 29.8 Å². The molecule has 0 spiro atoms. The Kier molecular flexibility index (Phi) is 6.26. The summed E-state index contributed by atoms with van der Waals surface area (Å²) < 4.78 is 38.8. The molecule has 5 nitrogen and oxygen atoms in total. The van der Waals surface area contributed by atoms with Gasteiger partial charge in [0.25, 0.3) is 0 Å². The second kappa shape index (κ2) is 8.48. The number of likely N-dealkylation sites (N-methyl/N-ethyl adjacent to an activating group) is 1. The Labute approximate surface area is 158 Å². The Bertz CT molecular complexity index is 644. The third-order valence-corrected chi connectivity index (χ3v) is 5.50. The van der Waals surface area contributed by atoms with Gasteiger partial charge in [0.2, 0.25) is 5.91 Å². The van der Waals surface area contributed by atoms with Crippen LogP contribution in [0.15, 0.2) is 24.3 Å². The van der Waals surface area contributed by atoms with Gasteiger partial charge in [-0.1, -0.05) is 6.07 Å². The predicted molar refractivity (Wildman–Crippen MR) is 98.8 cm³/mol. The number of hydrogen-bond acceptors (Lipinski definition) is 4. The molecular formula is C19H27F3N4O. The van der Waals surface area contributed by atoms with Crippen molar-refractivity contribution in [1.29, 1.82) is 0 Å². The van der Waals surface area contributed by atoms with Crippen molar-refractivity contribution in [3.63, 3.8) is 0 Å². The summed E-state index contributed by atoms with van der Waals surface area (Å²) in [6, 6.07) is 5.98. The van der Waals surface area contributed by atoms with Gasteiger partial charge in [-0.05, 0) is 37.6 Å². The van der Waals surface area contributed by atoms with Crippen molar-refractivity contribution < 1.29 is 18.0 Å². The van der Waals surface area contributed by atoms with E-state index in [9.17, 15) is 18.0 Å². The zero-order valence-electron chi connectivity index (χ0n) is 15.6. The molecule has 0 radical (unpaired) electrons. The van der Waals surface area contributed by atoms with Crippen LogP contribution in [0.5, 0.6) is 0 Å². The van der Waals surface area contributed by atoms with Crippen molar-refractivity contribution in [2.75, 3.05) is 57.8 Å². The van der Waals surface area contributed by atoms with Crippen molar-refractivity contribution in [2.24, 2.45) is 0 Å². The molecular weight excluding hydrogens is 357 g/mol. The SMILES string of the molecule is CNC(=O)CN1CCC[C@@H](N2CCN(c3cccc(C(F)(F)F)c3)CC2)C1. The molecule has 0 saturated carbocycles. The smallest absolute Gasteiger partial charge is 0.369 e. The zero-order chi connectivity index (χ0) is 19.4. The lowest BCUT2D eigenvalue weighted by molar-refractivity contribution is -0.137. The second-order valence-electron chi connectivity index (χ2n) is 7.28. The predicted octanol–water partition coefficient (Wildman–Crippen LogP) is 2.04. The van der Waals surface area contributed by atoms with Crippen LogP contribution in [0.25, 0.3) is 0 Å². The molecule has 0 unspecified atom stereocenters. The molecule has 3 rings (SSSR count). The van der Waals surface area contributed by atoms with Crippen LogP contribution in [0.1, 0.15) is 18.4 Å². The molecule has 2 saturated heterocycles. The van der Waals surface area contributed by atoms with Crippen LogP contribution in [-0.4, -0.2) is 74.6 Å². The standard InChI is InChI=1S/C19H27F3N4O/c1-23-18(27)14-24-7-3-6-17(13-24)26-10-8-25(9-11-26)16-5-2-4-15(12-16)19(20,21)22/h2,4-5,12,17H,3,6-11,13-14H2,1H3,(H,23,27)/t17-/m1/s1.